The van der Waals surface area contributed by atoms with Crippen molar-refractivity contribution >= 4 is 0 Å². The average Bonchev–Trinajstić information content (AvgIpc) is 2.14. The predicted molar refractivity (Wildman–Crippen MR) is 80.2 cm³/mol. The zero-order valence-electron chi connectivity index (χ0n) is 13.6. The molecule has 0 radical (unpaired) electrons. The van der Waals surface area contributed by atoms with E-state index in [9.17, 15) is 0 Å². The topological polar surface area (TPSA) is 0 Å². The van der Waals surface area contributed by atoms with Crippen LogP contribution in [0.4, 0.5) is 0 Å². The van der Waals surface area contributed by atoms with E-state index in [1.54, 1.807) is 0 Å². The van der Waals surface area contributed by atoms with E-state index in [0.717, 1.165) is 35.5 Å². The Morgan fingerprint density at radius 1 is 0.471 bits per heavy atom. The maximum Gasteiger partial charge on any atom is -0.0368 e. The lowest BCUT2D eigenvalue weighted by Gasteiger charge is -2.28. The lowest BCUT2D eigenvalue weighted by atomic mass is 9.78. The van der Waals surface area contributed by atoms with E-state index >= 15 is 0 Å². The van der Waals surface area contributed by atoms with Crippen molar-refractivity contribution in [2.45, 2.75) is 74.7 Å². The number of rotatable bonds is 8. The molecule has 0 saturated heterocycles. The monoisotopic (exact) mass is 240 g/mol. The summed E-state index contributed by atoms with van der Waals surface area (Å²) in [4.78, 5) is 0. The van der Waals surface area contributed by atoms with Crippen molar-refractivity contribution < 1.29 is 0 Å². The summed E-state index contributed by atoms with van der Waals surface area (Å²) in [6, 6.07) is 0. The van der Waals surface area contributed by atoms with Crippen molar-refractivity contribution in [1.29, 1.82) is 0 Å². The molecule has 0 aromatic heterocycles. The third-order valence-corrected chi connectivity index (χ3v) is 4.50. The van der Waals surface area contributed by atoms with Gasteiger partial charge in [-0.1, -0.05) is 61.8 Å². The lowest BCUT2D eigenvalue weighted by molar-refractivity contribution is 0.223. The van der Waals surface area contributed by atoms with Crippen molar-refractivity contribution in [2.24, 2.45) is 35.5 Å². The highest BCUT2D eigenvalue weighted by Crippen LogP contribution is 2.30. The summed E-state index contributed by atoms with van der Waals surface area (Å²) in [7, 11) is 0. The van der Waals surface area contributed by atoms with Crippen molar-refractivity contribution in [3.8, 4) is 0 Å². The second kappa shape index (κ2) is 8.16. The zero-order chi connectivity index (χ0) is 13.6. The number of hydrogen-bond donors (Lipinski definition) is 0. The van der Waals surface area contributed by atoms with Gasteiger partial charge < -0.3 is 0 Å². The summed E-state index contributed by atoms with van der Waals surface area (Å²) in [5, 5.41) is 0. The van der Waals surface area contributed by atoms with Gasteiger partial charge in [-0.15, -0.1) is 0 Å². The lowest BCUT2D eigenvalue weighted by Crippen LogP contribution is -2.18. The minimum atomic E-state index is 0.839. The molecule has 0 saturated carbocycles. The van der Waals surface area contributed by atoms with E-state index in [4.69, 9.17) is 0 Å². The Morgan fingerprint density at radius 3 is 0.882 bits per heavy atom. The summed E-state index contributed by atoms with van der Waals surface area (Å²) in [5.74, 6) is 5.18. The molecule has 0 N–H and O–H groups in total. The Balaban J connectivity index is 4.10. The first kappa shape index (κ1) is 17.0. The highest BCUT2D eigenvalue weighted by atomic mass is 14.3. The summed E-state index contributed by atoms with van der Waals surface area (Å²) in [5.41, 5.74) is 0. The van der Waals surface area contributed by atoms with E-state index in [-0.39, 0.29) is 0 Å². The minimum absolute atomic E-state index is 0.839. The van der Waals surface area contributed by atoms with Crippen LogP contribution in [0.15, 0.2) is 0 Å². The Morgan fingerprint density at radius 2 is 0.706 bits per heavy atom. The fourth-order valence-electron chi connectivity index (χ4n) is 3.46. The molecule has 104 valence electrons. The van der Waals surface area contributed by atoms with E-state index in [1.807, 2.05) is 0 Å². The molecule has 0 heteroatoms. The highest BCUT2D eigenvalue weighted by molar-refractivity contribution is 4.71. The van der Waals surface area contributed by atoms with Gasteiger partial charge >= 0.3 is 0 Å². The van der Waals surface area contributed by atoms with Crippen molar-refractivity contribution in [3.63, 3.8) is 0 Å². The summed E-state index contributed by atoms with van der Waals surface area (Å²) >= 11 is 0. The van der Waals surface area contributed by atoms with Crippen LogP contribution in [0.1, 0.15) is 74.7 Å². The second-order valence-electron chi connectivity index (χ2n) is 7.23. The smallest absolute Gasteiger partial charge is 0.0368 e. The molecule has 0 unspecified atom stereocenters. The molecule has 0 aromatic carbocycles. The first-order chi connectivity index (χ1) is 7.77. The second-order valence-corrected chi connectivity index (χ2v) is 7.23. The minimum Gasteiger partial charge on any atom is -0.0625 e. The maximum atomic E-state index is 2.38. The highest BCUT2D eigenvalue weighted by Gasteiger charge is 2.20. The van der Waals surface area contributed by atoms with E-state index in [0.29, 0.717) is 0 Å². The average molecular weight is 240 g/mol. The van der Waals surface area contributed by atoms with Gasteiger partial charge in [-0.05, 0) is 48.3 Å². The first-order valence-corrected chi connectivity index (χ1v) is 7.77. The molecule has 0 spiro atoms. The maximum absolute atomic E-state index is 2.38. The molecule has 0 aliphatic carbocycles. The van der Waals surface area contributed by atoms with Crippen LogP contribution >= 0.6 is 0 Å². The van der Waals surface area contributed by atoms with E-state index in [1.165, 1.54) is 19.3 Å². The fourth-order valence-corrected chi connectivity index (χ4v) is 3.46. The van der Waals surface area contributed by atoms with Gasteiger partial charge in [0, 0.05) is 0 Å². The normalized spacial score (nSPS) is 13.1. The van der Waals surface area contributed by atoms with Crippen LogP contribution < -0.4 is 0 Å². The Hall–Kier alpha value is 0. The van der Waals surface area contributed by atoms with Gasteiger partial charge in [-0.3, -0.25) is 0 Å². The SMILES string of the molecule is CC(C)C(CCCC(C(C)C)C(C)C)C(C)C. The quantitative estimate of drug-likeness (QED) is 0.487. The Bertz CT molecular complexity index is 140. The molecule has 0 atom stereocenters. The van der Waals surface area contributed by atoms with Crippen LogP contribution in [-0.4, -0.2) is 0 Å². The standard InChI is InChI=1S/C17H36/c1-12(2)16(13(3)4)10-9-11-17(14(5)6)15(7)8/h12-17H,9-11H2,1-8H3. The molecule has 0 heterocycles. The molecular weight excluding hydrogens is 204 g/mol. The molecule has 0 aliphatic rings. The van der Waals surface area contributed by atoms with Gasteiger partial charge in [0.15, 0.2) is 0 Å². The van der Waals surface area contributed by atoms with Crippen LogP contribution in [0.3, 0.4) is 0 Å². The van der Waals surface area contributed by atoms with Crippen LogP contribution in [0, 0.1) is 35.5 Å². The van der Waals surface area contributed by atoms with Crippen molar-refractivity contribution in [3.05, 3.63) is 0 Å². The Labute approximate surface area is 111 Å². The van der Waals surface area contributed by atoms with Gasteiger partial charge in [0.1, 0.15) is 0 Å². The Kier molecular flexibility index (Phi) is 8.16. The van der Waals surface area contributed by atoms with E-state index < -0.39 is 0 Å². The molecule has 0 aromatic rings. The fraction of sp³-hybridized carbons (Fsp3) is 1.00. The molecular formula is C17H36. The summed E-state index contributed by atoms with van der Waals surface area (Å²) in [6.07, 6.45) is 4.26. The van der Waals surface area contributed by atoms with Crippen LogP contribution in [0.2, 0.25) is 0 Å². The third kappa shape index (κ3) is 6.48. The van der Waals surface area contributed by atoms with Gasteiger partial charge in [-0.25, -0.2) is 0 Å². The van der Waals surface area contributed by atoms with Gasteiger partial charge in [0.2, 0.25) is 0 Å². The third-order valence-electron chi connectivity index (χ3n) is 4.50. The van der Waals surface area contributed by atoms with Crippen LogP contribution in [0.5, 0.6) is 0 Å². The molecule has 0 fully saturated rings. The molecule has 17 heavy (non-hydrogen) atoms. The van der Waals surface area contributed by atoms with Gasteiger partial charge in [0.05, 0.1) is 0 Å². The zero-order valence-corrected chi connectivity index (χ0v) is 13.6. The first-order valence-electron chi connectivity index (χ1n) is 7.77. The van der Waals surface area contributed by atoms with Crippen LogP contribution in [0.25, 0.3) is 0 Å². The molecule has 0 bridgehead atoms. The predicted octanol–water partition coefficient (Wildman–Crippen LogP) is 6.01. The van der Waals surface area contributed by atoms with Crippen molar-refractivity contribution in [2.75, 3.05) is 0 Å². The molecule has 0 aliphatic heterocycles. The number of hydrogen-bond acceptors (Lipinski definition) is 0. The van der Waals surface area contributed by atoms with Crippen molar-refractivity contribution in [1.82, 2.24) is 0 Å². The largest absolute Gasteiger partial charge is 0.0625 e. The molecule has 0 rings (SSSR count). The molecule has 0 nitrogen and oxygen atoms in total. The van der Waals surface area contributed by atoms with Gasteiger partial charge in [-0.2, -0.15) is 0 Å². The summed E-state index contributed by atoms with van der Waals surface area (Å²) < 4.78 is 0. The van der Waals surface area contributed by atoms with Gasteiger partial charge in [0.25, 0.3) is 0 Å². The summed E-state index contributed by atoms with van der Waals surface area (Å²) in [6.45, 7) is 19.1. The van der Waals surface area contributed by atoms with Crippen LogP contribution in [-0.2, 0) is 0 Å². The van der Waals surface area contributed by atoms with E-state index in [2.05, 4.69) is 55.4 Å². The molecule has 0 amide bonds.